The van der Waals surface area contributed by atoms with Crippen molar-refractivity contribution in [3.63, 3.8) is 0 Å². The molecule has 0 aliphatic heterocycles. The van der Waals surface area contributed by atoms with E-state index in [1.807, 2.05) is 36.4 Å². The van der Waals surface area contributed by atoms with Crippen LogP contribution in [-0.4, -0.2) is 6.54 Å². The van der Waals surface area contributed by atoms with Gasteiger partial charge in [0.25, 0.3) is 0 Å². The molecule has 0 fully saturated rings. The Morgan fingerprint density at radius 1 is 1.14 bits per heavy atom. The molecule has 1 atom stereocenters. The number of nitriles is 1. The Balaban J connectivity index is 1.89. The van der Waals surface area contributed by atoms with Crippen molar-refractivity contribution in [3.05, 3.63) is 69.2 Å². The van der Waals surface area contributed by atoms with Gasteiger partial charge in [-0.1, -0.05) is 41.4 Å². The minimum atomic E-state index is 0.226. The Hall–Kier alpha value is -1.53. The molecule has 0 aliphatic carbocycles. The summed E-state index contributed by atoms with van der Waals surface area (Å²) in [6.07, 6.45) is 0.844. The van der Waals surface area contributed by atoms with E-state index in [4.69, 9.17) is 28.5 Å². The standard InChI is InChI=1S/C17H16Cl2N2/c1-12(14-4-2-13(11-20)3-5-14)21-9-8-15-6-7-16(18)10-17(15)19/h2-7,10,12,21H,8-9H2,1H3. The predicted octanol–water partition coefficient (Wildman–Crippen LogP) is 4.76. The summed E-state index contributed by atoms with van der Waals surface area (Å²) >= 11 is 12.0. The Morgan fingerprint density at radius 2 is 1.86 bits per heavy atom. The normalized spacial score (nSPS) is 11.9. The molecule has 0 spiro atoms. The van der Waals surface area contributed by atoms with Crippen LogP contribution in [0.1, 0.15) is 29.7 Å². The van der Waals surface area contributed by atoms with Crippen molar-refractivity contribution < 1.29 is 0 Å². The van der Waals surface area contributed by atoms with E-state index in [-0.39, 0.29) is 6.04 Å². The highest BCUT2D eigenvalue weighted by molar-refractivity contribution is 6.35. The van der Waals surface area contributed by atoms with Gasteiger partial charge in [-0.25, -0.2) is 0 Å². The molecular formula is C17H16Cl2N2. The van der Waals surface area contributed by atoms with Crippen molar-refractivity contribution >= 4 is 23.2 Å². The Bertz CT molecular complexity index is 645. The van der Waals surface area contributed by atoms with Gasteiger partial charge in [-0.2, -0.15) is 5.26 Å². The third-order valence-corrected chi connectivity index (χ3v) is 3.99. The second kappa shape index (κ2) is 7.47. The SMILES string of the molecule is CC(NCCc1ccc(Cl)cc1Cl)c1ccc(C#N)cc1. The molecule has 0 saturated heterocycles. The van der Waals surface area contributed by atoms with Gasteiger partial charge in [-0.05, 0) is 55.3 Å². The molecular weight excluding hydrogens is 303 g/mol. The molecule has 0 heterocycles. The van der Waals surface area contributed by atoms with Crippen LogP contribution < -0.4 is 5.32 Å². The Kier molecular flexibility index (Phi) is 5.64. The van der Waals surface area contributed by atoms with Gasteiger partial charge in [0.1, 0.15) is 0 Å². The fourth-order valence-electron chi connectivity index (χ4n) is 2.11. The number of nitrogens with one attached hydrogen (secondary N) is 1. The van der Waals surface area contributed by atoms with Gasteiger partial charge in [0, 0.05) is 16.1 Å². The van der Waals surface area contributed by atoms with E-state index < -0.39 is 0 Å². The summed E-state index contributed by atoms with van der Waals surface area (Å²) in [6, 6.07) is 15.6. The number of hydrogen-bond donors (Lipinski definition) is 1. The highest BCUT2D eigenvalue weighted by Gasteiger charge is 2.06. The molecule has 2 aromatic rings. The first-order chi connectivity index (χ1) is 10.1. The summed E-state index contributed by atoms with van der Waals surface area (Å²) in [7, 11) is 0. The molecule has 0 radical (unpaired) electrons. The van der Waals surface area contributed by atoms with Crippen molar-refractivity contribution in [2.75, 3.05) is 6.54 Å². The fraction of sp³-hybridized carbons (Fsp3) is 0.235. The quantitative estimate of drug-likeness (QED) is 0.862. The topological polar surface area (TPSA) is 35.8 Å². The van der Waals surface area contributed by atoms with Crippen LogP contribution in [0.25, 0.3) is 0 Å². The first-order valence-corrected chi connectivity index (χ1v) is 7.53. The highest BCUT2D eigenvalue weighted by atomic mass is 35.5. The third kappa shape index (κ3) is 4.47. The average molecular weight is 319 g/mol. The van der Waals surface area contributed by atoms with Crippen LogP contribution in [0.2, 0.25) is 10.0 Å². The zero-order valence-corrected chi connectivity index (χ0v) is 13.2. The van der Waals surface area contributed by atoms with Crippen molar-refractivity contribution in [3.8, 4) is 6.07 Å². The predicted molar refractivity (Wildman–Crippen MR) is 87.7 cm³/mol. The maximum Gasteiger partial charge on any atom is 0.0991 e. The van der Waals surface area contributed by atoms with E-state index in [0.29, 0.717) is 15.6 Å². The molecule has 0 saturated carbocycles. The third-order valence-electron chi connectivity index (χ3n) is 3.40. The van der Waals surface area contributed by atoms with E-state index in [1.165, 1.54) is 0 Å². The monoisotopic (exact) mass is 318 g/mol. The highest BCUT2D eigenvalue weighted by Crippen LogP contribution is 2.21. The largest absolute Gasteiger partial charge is 0.310 e. The molecule has 21 heavy (non-hydrogen) atoms. The van der Waals surface area contributed by atoms with Gasteiger partial charge in [0.15, 0.2) is 0 Å². The van der Waals surface area contributed by atoms with Gasteiger partial charge in [-0.15, -0.1) is 0 Å². The Labute approximate surface area is 135 Å². The average Bonchev–Trinajstić information content (AvgIpc) is 2.49. The zero-order chi connectivity index (χ0) is 15.2. The van der Waals surface area contributed by atoms with Crippen LogP contribution >= 0.6 is 23.2 Å². The number of halogens is 2. The fourth-order valence-corrected chi connectivity index (χ4v) is 2.61. The van der Waals surface area contributed by atoms with Crippen molar-refractivity contribution in [1.29, 1.82) is 5.26 Å². The molecule has 2 aromatic carbocycles. The van der Waals surface area contributed by atoms with Gasteiger partial charge < -0.3 is 5.32 Å². The maximum atomic E-state index is 8.79. The Morgan fingerprint density at radius 3 is 2.48 bits per heavy atom. The van der Waals surface area contributed by atoms with Crippen molar-refractivity contribution in [2.24, 2.45) is 0 Å². The van der Waals surface area contributed by atoms with Gasteiger partial charge in [0.2, 0.25) is 0 Å². The summed E-state index contributed by atoms with van der Waals surface area (Å²) in [4.78, 5) is 0. The van der Waals surface area contributed by atoms with Crippen LogP contribution in [0, 0.1) is 11.3 Å². The number of nitrogens with zero attached hydrogens (tertiary/aromatic N) is 1. The molecule has 1 unspecified atom stereocenters. The minimum absolute atomic E-state index is 0.226. The molecule has 1 N–H and O–H groups in total. The van der Waals surface area contributed by atoms with Gasteiger partial charge in [-0.3, -0.25) is 0 Å². The second-order valence-corrected chi connectivity index (χ2v) is 5.74. The van der Waals surface area contributed by atoms with E-state index >= 15 is 0 Å². The minimum Gasteiger partial charge on any atom is -0.310 e. The number of hydrogen-bond acceptors (Lipinski definition) is 2. The number of benzene rings is 2. The molecule has 4 heteroatoms. The van der Waals surface area contributed by atoms with Crippen LogP contribution in [0.4, 0.5) is 0 Å². The number of rotatable bonds is 5. The smallest absolute Gasteiger partial charge is 0.0991 e. The van der Waals surface area contributed by atoms with Crippen LogP contribution in [0.5, 0.6) is 0 Å². The molecule has 108 valence electrons. The summed E-state index contributed by atoms with van der Waals surface area (Å²) < 4.78 is 0. The van der Waals surface area contributed by atoms with E-state index in [1.54, 1.807) is 6.07 Å². The van der Waals surface area contributed by atoms with Crippen LogP contribution in [0.3, 0.4) is 0 Å². The van der Waals surface area contributed by atoms with Crippen molar-refractivity contribution in [2.45, 2.75) is 19.4 Å². The second-order valence-electron chi connectivity index (χ2n) is 4.90. The van der Waals surface area contributed by atoms with E-state index in [0.717, 1.165) is 24.1 Å². The van der Waals surface area contributed by atoms with Gasteiger partial charge in [0.05, 0.1) is 11.6 Å². The summed E-state index contributed by atoms with van der Waals surface area (Å²) in [5.41, 5.74) is 2.93. The molecule has 0 amide bonds. The summed E-state index contributed by atoms with van der Waals surface area (Å²) in [5.74, 6) is 0. The van der Waals surface area contributed by atoms with Gasteiger partial charge >= 0.3 is 0 Å². The van der Waals surface area contributed by atoms with E-state index in [2.05, 4.69) is 18.3 Å². The van der Waals surface area contributed by atoms with E-state index in [9.17, 15) is 0 Å². The lowest BCUT2D eigenvalue weighted by molar-refractivity contribution is 0.577. The van der Waals surface area contributed by atoms with Crippen molar-refractivity contribution in [1.82, 2.24) is 5.32 Å². The first kappa shape index (κ1) is 15.9. The first-order valence-electron chi connectivity index (χ1n) is 6.77. The van der Waals surface area contributed by atoms with Crippen LogP contribution in [-0.2, 0) is 6.42 Å². The van der Waals surface area contributed by atoms with Crippen LogP contribution in [0.15, 0.2) is 42.5 Å². The molecule has 0 aliphatic rings. The molecule has 0 bridgehead atoms. The lowest BCUT2D eigenvalue weighted by Crippen LogP contribution is -2.21. The summed E-state index contributed by atoms with van der Waals surface area (Å²) in [5, 5.41) is 13.6. The lowest BCUT2D eigenvalue weighted by atomic mass is 10.1. The lowest BCUT2D eigenvalue weighted by Gasteiger charge is -2.14. The summed E-state index contributed by atoms with van der Waals surface area (Å²) in [6.45, 7) is 2.92. The molecule has 2 nitrogen and oxygen atoms in total. The molecule has 0 aromatic heterocycles. The molecule has 2 rings (SSSR count). The zero-order valence-electron chi connectivity index (χ0n) is 11.7. The maximum absolute atomic E-state index is 8.79.